The van der Waals surface area contributed by atoms with Crippen molar-refractivity contribution < 1.29 is 4.74 Å². The zero-order valence-electron chi connectivity index (χ0n) is 13.3. The highest BCUT2D eigenvalue weighted by molar-refractivity contribution is 5.53. The number of para-hydroxylation sites is 1. The number of aromatic nitrogens is 1. The molecule has 1 saturated heterocycles. The number of anilines is 2. The van der Waals surface area contributed by atoms with E-state index in [1.165, 1.54) is 5.69 Å². The van der Waals surface area contributed by atoms with Crippen LogP contribution in [0.2, 0.25) is 0 Å². The lowest BCUT2D eigenvalue weighted by molar-refractivity contribution is 0.407. The molecular weight excluding hydrogens is 274 g/mol. The van der Waals surface area contributed by atoms with E-state index >= 15 is 0 Å². The molecule has 2 heterocycles. The molecule has 0 aliphatic carbocycles. The summed E-state index contributed by atoms with van der Waals surface area (Å²) in [7, 11) is 3.90. The average molecular weight is 297 g/mol. The van der Waals surface area contributed by atoms with Gasteiger partial charge in [0.1, 0.15) is 0 Å². The van der Waals surface area contributed by atoms with Gasteiger partial charge in [-0.2, -0.15) is 0 Å². The lowest BCUT2D eigenvalue weighted by Crippen LogP contribution is -2.43. The van der Waals surface area contributed by atoms with Gasteiger partial charge in [-0.15, -0.1) is 0 Å². The normalized spacial score (nSPS) is 15.6. The number of benzene rings is 1. The Labute approximate surface area is 132 Å². The zero-order valence-corrected chi connectivity index (χ0v) is 13.3. The zero-order chi connectivity index (χ0) is 15.4. The van der Waals surface area contributed by atoms with Crippen molar-refractivity contribution in [3.05, 3.63) is 48.7 Å². The van der Waals surface area contributed by atoms with Gasteiger partial charge < -0.3 is 14.5 Å². The van der Waals surface area contributed by atoms with E-state index in [1.54, 1.807) is 7.11 Å². The fourth-order valence-electron chi connectivity index (χ4n) is 3.12. The standard InChI is InChI=1S/C18H23N3O/c1-20(15-7-4-3-5-8-15)16-10-13-21(14-11-16)18-17(22-2)9-6-12-19-18/h3-9,12,16H,10-11,13-14H2,1-2H3. The molecule has 1 aromatic carbocycles. The van der Waals surface area contributed by atoms with Crippen LogP contribution in [0.1, 0.15) is 12.8 Å². The van der Waals surface area contributed by atoms with Crippen molar-refractivity contribution in [1.82, 2.24) is 4.98 Å². The van der Waals surface area contributed by atoms with Crippen LogP contribution in [-0.4, -0.2) is 38.3 Å². The maximum absolute atomic E-state index is 5.43. The predicted octanol–water partition coefficient (Wildman–Crippen LogP) is 3.20. The topological polar surface area (TPSA) is 28.6 Å². The second-order valence-corrected chi connectivity index (χ2v) is 5.69. The van der Waals surface area contributed by atoms with E-state index in [9.17, 15) is 0 Å². The van der Waals surface area contributed by atoms with Crippen molar-refractivity contribution in [3.8, 4) is 5.75 Å². The first-order valence-corrected chi connectivity index (χ1v) is 7.81. The first-order chi connectivity index (χ1) is 10.8. The largest absolute Gasteiger partial charge is 0.493 e. The number of hydrogen-bond acceptors (Lipinski definition) is 4. The van der Waals surface area contributed by atoms with E-state index in [4.69, 9.17) is 4.74 Å². The molecule has 0 amide bonds. The van der Waals surface area contributed by atoms with Crippen LogP contribution in [0.5, 0.6) is 5.75 Å². The highest BCUT2D eigenvalue weighted by atomic mass is 16.5. The van der Waals surface area contributed by atoms with Crippen LogP contribution in [0.4, 0.5) is 11.5 Å². The van der Waals surface area contributed by atoms with E-state index < -0.39 is 0 Å². The van der Waals surface area contributed by atoms with Crippen molar-refractivity contribution in [2.75, 3.05) is 37.0 Å². The highest BCUT2D eigenvalue weighted by Gasteiger charge is 2.24. The number of nitrogens with zero attached hydrogens (tertiary/aromatic N) is 3. The summed E-state index contributed by atoms with van der Waals surface area (Å²) in [5, 5.41) is 0. The smallest absolute Gasteiger partial charge is 0.171 e. The number of ether oxygens (including phenoxy) is 1. The number of hydrogen-bond donors (Lipinski definition) is 0. The lowest BCUT2D eigenvalue weighted by atomic mass is 10.0. The van der Waals surface area contributed by atoms with Gasteiger partial charge in [0.2, 0.25) is 0 Å². The summed E-state index contributed by atoms with van der Waals surface area (Å²) in [5.74, 6) is 1.82. The van der Waals surface area contributed by atoms with E-state index in [1.807, 2.05) is 18.3 Å². The Hall–Kier alpha value is -2.23. The molecule has 4 nitrogen and oxygen atoms in total. The molecule has 22 heavy (non-hydrogen) atoms. The summed E-state index contributed by atoms with van der Waals surface area (Å²) in [6.45, 7) is 2.02. The van der Waals surface area contributed by atoms with Crippen molar-refractivity contribution >= 4 is 11.5 Å². The maximum atomic E-state index is 5.43. The Morgan fingerprint density at radius 3 is 2.50 bits per heavy atom. The van der Waals surface area contributed by atoms with Gasteiger partial charge in [0.05, 0.1) is 7.11 Å². The van der Waals surface area contributed by atoms with Gasteiger partial charge in [0, 0.05) is 38.1 Å². The van der Waals surface area contributed by atoms with Crippen molar-refractivity contribution in [2.24, 2.45) is 0 Å². The summed E-state index contributed by atoms with van der Waals surface area (Å²) >= 11 is 0. The first-order valence-electron chi connectivity index (χ1n) is 7.81. The minimum atomic E-state index is 0.577. The molecule has 1 aromatic heterocycles. The number of piperidine rings is 1. The fraction of sp³-hybridized carbons (Fsp3) is 0.389. The van der Waals surface area contributed by atoms with Gasteiger partial charge in [-0.25, -0.2) is 4.98 Å². The highest BCUT2D eigenvalue weighted by Crippen LogP contribution is 2.29. The molecular formula is C18H23N3O. The van der Waals surface area contributed by atoms with E-state index in [0.29, 0.717) is 6.04 Å². The fourth-order valence-corrected chi connectivity index (χ4v) is 3.12. The third-order valence-electron chi connectivity index (χ3n) is 4.45. The van der Waals surface area contributed by atoms with Gasteiger partial charge in [-0.1, -0.05) is 18.2 Å². The first kappa shape index (κ1) is 14.7. The van der Waals surface area contributed by atoms with Crippen LogP contribution in [0.15, 0.2) is 48.7 Å². The minimum Gasteiger partial charge on any atom is -0.493 e. The Kier molecular flexibility index (Phi) is 4.47. The van der Waals surface area contributed by atoms with E-state index in [0.717, 1.165) is 37.5 Å². The van der Waals surface area contributed by atoms with Crippen molar-refractivity contribution in [3.63, 3.8) is 0 Å². The Morgan fingerprint density at radius 2 is 1.82 bits per heavy atom. The number of pyridine rings is 1. The minimum absolute atomic E-state index is 0.577. The monoisotopic (exact) mass is 297 g/mol. The summed E-state index contributed by atoms with van der Waals surface area (Å²) in [6, 6.07) is 15.1. The second kappa shape index (κ2) is 6.69. The molecule has 4 heteroatoms. The molecule has 0 N–H and O–H groups in total. The van der Waals surface area contributed by atoms with Crippen LogP contribution in [0.3, 0.4) is 0 Å². The van der Waals surface area contributed by atoms with Gasteiger partial charge in [0.15, 0.2) is 11.6 Å². The molecule has 1 aliphatic rings. The van der Waals surface area contributed by atoms with Gasteiger partial charge >= 0.3 is 0 Å². The maximum Gasteiger partial charge on any atom is 0.171 e. The molecule has 0 atom stereocenters. The molecule has 1 fully saturated rings. The Bertz CT molecular complexity index is 594. The Balaban J connectivity index is 1.65. The molecule has 0 saturated carbocycles. The molecule has 2 aromatic rings. The molecule has 0 bridgehead atoms. The number of methoxy groups -OCH3 is 1. The molecule has 0 unspecified atom stereocenters. The van der Waals surface area contributed by atoms with Crippen LogP contribution in [-0.2, 0) is 0 Å². The molecule has 0 spiro atoms. The van der Waals surface area contributed by atoms with Gasteiger partial charge in [0.25, 0.3) is 0 Å². The SMILES string of the molecule is COc1cccnc1N1CCC(N(C)c2ccccc2)CC1. The molecule has 0 radical (unpaired) electrons. The van der Waals surface area contributed by atoms with Crippen LogP contribution in [0, 0.1) is 0 Å². The van der Waals surface area contributed by atoms with Crippen molar-refractivity contribution in [2.45, 2.75) is 18.9 Å². The third kappa shape index (κ3) is 3.01. The van der Waals surface area contributed by atoms with E-state index in [-0.39, 0.29) is 0 Å². The lowest BCUT2D eigenvalue weighted by Gasteiger charge is -2.38. The van der Waals surface area contributed by atoms with E-state index in [2.05, 4.69) is 52.2 Å². The van der Waals surface area contributed by atoms with Crippen molar-refractivity contribution in [1.29, 1.82) is 0 Å². The second-order valence-electron chi connectivity index (χ2n) is 5.69. The van der Waals surface area contributed by atoms with Crippen LogP contribution in [0.25, 0.3) is 0 Å². The average Bonchev–Trinajstić information content (AvgIpc) is 2.62. The quantitative estimate of drug-likeness (QED) is 0.866. The predicted molar refractivity (Wildman–Crippen MR) is 90.9 cm³/mol. The summed E-state index contributed by atoms with van der Waals surface area (Å²) in [5.41, 5.74) is 1.29. The van der Waals surface area contributed by atoms with Crippen LogP contribution >= 0.6 is 0 Å². The van der Waals surface area contributed by atoms with Gasteiger partial charge in [-0.05, 0) is 37.1 Å². The summed E-state index contributed by atoms with van der Waals surface area (Å²) < 4.78 is 5.43. The molecule has 1 aliphatic heterocycles. The third-order valence-corrected chi connectivity index (χ3v) is 4.45. The summed E-state index contributed by atoms with van der Waals surface area (Å²) in [6.07, 6.45) is 4.09. The van der Waals surface area contributed by atoms with Crippen LogP contribution < -0.4 is 14.5 Å². The Morgan fingerprint density at radius 1 is 1.09 bits per heavy atom. The molecule has 116 valence electrons. The summed E-state index contributed by atoms with van der Waals surface area (Å²) in [4.78, 5) is 9.21. The molecule has 3 rings (SSSR count). The van der Waals surface area contributed by atoms with Gasteiger partial charge in [-0.3, -0.25) is 0 Å². The number of rotatable bonds is 4.